The lowest BCUT2D eigenvalue weighted by Gasteiger charge is -2.22. The number of carbonyl (C=O) groups excluding carboxylic acids is 1. The van der Waals surface area contributed by atoms with Gasteiger partial charge in [0.2, 0.25) is 5.91 Å². The van der Waals surface area contributed by atoms with Gasteiger partial charge < -0.3 is 9.84 Å². The molecule has 0 unspecified atom stereocenters. The van der Waals surface area contributed by atoms with Gasteiger partial charge in [0.15, 0.2) is 5.76 Å². The number of H-pyrrole nitrogens is 1. The van der Waals surface area contributed by atoms with E-state index in [1.165, 1.54) is 0 Å². The molecule has 1 fully saturated rings. The third kappa shape index (κ3) is 4.16. The number of aromatic amines is 1. The zero-order valence-corrected chi connectivity index (χ0v) is 13.0. The van der Waals surface area contributed by atoms with Crippen molar-refractivity contribution in [2.75, 3.05) is 13.1 Å². The first-order valence-corrected chi connectivity index (χ1v) is 7.65. The van der Waals surface area contributed by atoms with E-state index in [4.69, 9.17) is 4.52 Å². The number of amides is 1. The maximum atomic E-state index is 13.7. The Balaban J connectivity index is 1.51. The summed E-state index contributed by atoms with van der Waals surface area (Å²) in [6, 6.07) is 3.56. The van der Waals surface area contributed by atoms with Crippen molar-refractivity contribution in [2.45, 2.75) is 38.5 Å². The molecule has 2 aromatic rings. The van der Waals surface area contributed by atoms with Crippen LogP contribution in [-0.4, -0.2) is 51.5 Å². The number of alkyl halides is 1. The smallest absolute Gasteiger partial charge is 0.226 e. The lowest BCUT2D eigenvalue weighted by molar-refractivity contribution is -0.120. The molecule has 1 saturated heterocycles. The number of nitrogens with zero attached hydrogens (tertiary/aromatic N) is 3. The predicted molar refractivity (Wildman–Crippen MR) is 80.3 cm³/mol. The van der Waals surface area contributed by atoms with Crippen LogP contribution in [0, 0.1) is 6.92 Å². The number of rotatable bonds is 6. The first-order valence-electron chi connectivity index (χ1n) is 7.65. The number of nitrogens with one attached hydrogen (secondary N) is 2. The van der Waals surface area contributed by atoms with Crippen molar-refractivity contribution in [3.63, 3.8) is 0 Å². The summed E-state index contributed by atoms with van der Waals surface area (Å²) < 4.78 is 18.9. The number of hydrogen-bond acceptors (Lipinski definition) is 5. The van der Waals surface area contributed by atoms with Crippen molar-refractivity contribution >= 4 is 5.91 Å². The van der Waals surface area contributed by atoms with Crippen molar-refractivity contribution in [3.05, 3.63) is 35.5 Å². The van der Waals surface area contributed by atoms with Gasteiger partial charge >= 0.3 is 0 Å². The number of halogens is 1. The van der Waals surface area contributed by atoms with E-state index in [2.05, 4.69) is 20.7 Å². The number of carbonyl (C=O) groups is 1. The summed E-state index contributed by atoms with van der Waals surface area (Å²) in [5, 5.41) is 13.3. The maximum absolute atomic E-state index is 13.7. The Morgan fingerprint density at radius 1 is 1.61 bits per heavy atom. The summed E-state index contributed by atoms with van der Waals surface area (Å²) in [5.74, 6) is 0.609. The van der Waals surface area contributed by atoms with Gasteiger partial charge in [-0.15, -0.1) is 0 Å². The summed E-state index contributed by atoms with van der Waals surface area (Å²) in [7, 11) is 0. The Morgan fingerprint density at radius 2 is 2.48 bits per heavy atom. The quantitative estimate of drug-likeness (QED) is 0.828. The van der Waals surface area contributed by atoms with Crippen LogP contribution in [0.5, 0.6) is 0 Å². The molecule has 0 aliphatic carbocycles. The molecule has 0 radical (unpaired) electrons. The lowest BCUT2D eigenvalue weighted by Crippen LogP contribution is -2.40. The van der Waals surface area contributed by atoms with E-state index >= 15 is 0 Å². The molecule has 0 spiro atoms. The highest BCUT2D eigenvalue weighted by molar-refractivity contribution is 5.78. The summed E-state index contributed by atoms with van der Waals surface area (Å²) >= 11 is 0. The molecule has 124 valence electrons. The molecular weight excluding hydrogens is 301 g/mol. The topological polar surface area (TPSA) is 87.0 Å². The molecule has 2 aromatic heterocycles. The van der Waals surface area contributed by atoms with E-state index in [1.54, 1.807) is 12.3 Å². The van der Waals surface area contributed by atoms with Crippen molar-refractivity contribution < 1.29 is 13.7 Å². The largest absolute Gasteiger partial charge is 0.360 e. The third-order valence-electron chi connectivity index (χ3n) is 3.96. The van der Waals surface area contributed by atoms with E-state index in [0.717, 1.165) is 11.4 Å². The number of aromatic nitrogens is 3. The van der Waals surface area contributed by atoms with Gasteiger partial charge in [0, 0.05) is 37.1 Å². The van der Waals surface area contributed by atoms with Gasteiger partial charge in [-0.2, -0.15) is 5.10 Å². The van der Waals surface area contributed by atoms with E-state index in [1.807, 2.05) is 17.9 Å². The van der Waals surface area contributed by atoms with Crippen molar-refractivity contribution in [1.29, 1.82) is 0 Å². The molecule has 3 rings (SSSR count). The fraction of sp³-hybridized carbons (Fsp3) is 0.533. The minimum atomic E-state index is -0.881. The monoisotopic (exact) mass is 321 g/mol. The second-order valence-corrected chi connectivity index (χ2v) is 5.91. The fourth-order valence-electron chi connectivity index (χ4n) is 2.87. The summed E-state index contributed by atoms with van der Waals surface area (Å²) in [5.41, 5.74) is 1.56. The van der Waals surface area contributed by atoms with Crippen LogP contribution in [-0.2, 0) is 17.8 Å². The molecule has 2 atom stereocenters. The summed E-state index contributed by atoms with van der Waals surface area (Å²) in [6.07, 6.45) is 1.38. The Hall–Kier alpha value is -2.22. The SMILES string of the molecule is Cc1cc(CN2C[C@@H](F)C[C@H]2CNC(=O)Cc2ccn[nH]2)on1. The van der Waals surface area contributed by atoms with Gasteiger partial charge in [-0.05, 0) is 19.4 Å². The Morgan fingerprint density at radius 3 is 3.17 bits per heavy atom. The van der Waals surface area contributed by atoms with Crippen LogP contribution in [0.3, 0.4) is 0 Å². The number of aryl methyl sites for hydroxylation is 1. The van der Waals surface area contributed by atoms with Crippen LogP contribution >= 0.6 is 0 Å². The highest BCUT2D eigenvalue weighted by Gasteiger charge is 2.32. The molecule has 7 nitrogen and oxygen atoms in total. The molecule has 3 heterocycles. The minimum absolute atomic E-state index is 0.0406. The van der Waals surface area contributed by atoms with Crippen molar-refractivity contribution in [2.24, 2.45) is 0 Å². The molecule has 1 aliphatic rings. The molecule has 1 aliphatic heterocycles. The minimum Gasteiger partial charge on any atom is -0.360 e. The van der Waals surface area contributed by atoms with E-state index in [9.17, 15) is 9.18 Å². The van der Waals surface area contributed by atoms with Crippen LogP contribution in [0.1, 0.15) is 23.6 Å². The second-order valence-electron chi connectivity index (χ2n) is 5.91. The molecule has 0 aromatic carbocycles. The zero-order valence-electron chi connectivity index (χ0n) is 13.0. The number of hydrogen-bond donors (Lipinski definition) is 2. The Bertz CT molecular complexity index is 642. The van der Waals surface area contributed by atoms with Crippen molar-refractivity contribution in [1.82, 2.24) is 25.6 Å². The normalized spacial score (nSPS) is 21.7. The summed E-state index contributed by atoms with van der Waals surface area (Å²) in [6.45, 7) is 3.12. The van der Waals surface area contributed by atoms with Gasteiger partial charge in [0.25, 0.3) is 0 Å². The molecule has 2 N–H and O–H groups in total. The van der Waals surface area contributed by atoms with E-state index in [-0.39, 0.29) is 18.4 Å². The second kappa shape index (κ2) is 6.91. The predicted octanol–water partition coefficient (Wildman–Crippen LogP) is 0.977. The van der Waals surface area contributed by atoms with Gasteiger partial charge in [-0.3, -0.25) is 14.8 Å². The molecule has 8 heteroatoms. The van der Waals surface area contributed by atoms with Gasteiger partial charge in [-0.25, -0.2) is 4.39 Å². The Kier molecular flexibility index (Phi) is 4.71. The molecule has 0 saturated carbocycles. The van der Waals surface area contributed by atoms with Crippen LogP contribution in [0.2, 0.25) is 0 Å². The van der Waals surface area contributed by atoms with Gasteiger partial charge in [0.05, 0.1) is 18.7 Å². The molecule has 1 amide bonds. The van der Waals surface area contributed by atoms with Crippen LogP contribution < -0.4 is 5.32 Å². The highest BCUT2D eigenvalue weighted by Crippen LogP contribution is 2.22. The van der Waals surface area contributed by atoms with Crippen LogP contribution in [0.4, 0.5) is 4.39 Å². The van der Waals surface area contributed by atoms with E-state index in [0.29, 0.717) is 31.8 Å². The lowest BCUT2D eigenvalue weighted by atomic mass is 10.2. The Labute approximate surface area is 133 Å². The number of likely N-dealkylation sites (tertiary alicyclic amines) is 1. The zero-order chi connectivity index (χ0) is 16.2. The first kappa shape index (κ1) is 15.7. The van der Waals surface area contributed by atoms with Crippen LogP contribution in [0.15, 0.2) is 22.9 Å². The van der Waals surface area contributed by atoms with Gasteiger partial charge in [-0.1, -0.05) is 5.16 Å². The summed E-state index contributed by atoms with van der Waals surface area (Å²) in [4.78, 5) is 13.9. The fourth-order valence-corrected chi connectivity index (χ4v) is 2.87. The average Bonchev–Trinajstić information content (AvgIpc) is 3.21. The highest BCUT2D eigenvalue weighted by atomic mass is 19.1. The molecule has 0 bridgehead atoms. The van der Waals surface area contributed by atoms with Crippen molar-refractivity contribution in [3.8, 4) is 0 Å². The first-order chi connectivity index (χ1) is 11.1. The van der Waals surface area contributed by atoms with Crippen LogP contribution in [0.25, 0.3) is 0 Å². The third-order valence-corrected chi connectivity index (χ3v) is 3.96. The molecular formula is C15H20FN5O2. The average molecular weight is 321 g/mol. The van der Waals surface area contributed by atoms with Gasteiger partial charge in [0.1, 0.15) is 6.17 Å². The standard InChI is InChI=1S/C15H20FN5O2/c1-10-4-14(23-20-10)9-21-8-11(16)5-13(21)7-17-15(22)6-12-2-3-18-19-12/h2-4,11,13H,5-9H2,1H3,(H,17,22)(H,18,19)/t11-,13-/m0/s1. The maximum Gasteiger partial charge on any atom is 0.226 e. The van der Waals surface area contributed by atoms with E-state index < -0.39 is 6.17 Å². The molecule has 23 heavy (non-hydrogen) atoms.